The zero-order valence-corrected chi connectivity index (χ0v) is 20.7. The minimum absolute atomic E-state index is 0.0252. The maximum Gasteiger partial charge on any atom is 0.224 e. The smallest absolute Gasteiger partial charge is 0.224 e. The van der Waals surface area contributed by atoms with Crippen molar-refractivity contribution in [2.75, 3.05) is 18.8 Å². The van der Waals surface area contributed by atoms with Gasteiger partial charge in [0.05, 0.1) is 4.90 Å². The number of fused-ring (bicyclic) bond motifs is 1. The molecule has 0 aromatic heterocycles. The number of nitrogen functional groups attached to an aromatic ring is 1. The summed E-state index contributed by atoms with van der Waals surface area (Å²) < 4.78 is 33.2. The molecule has 1 saturated heterocycles. The number of likely N-dealkylation sites (tertiary alicyclic amines) is 1. The first-order valence-electron chi connectivity index (χ1n) is 12.1. The quantitative estimate of drug-likeness (QED) is 0.214. The first kappa shape index (κ1) is 24.0. The van der Waals surface area contributed by atoms with Crippen LogP contribution in [0, 0.1) is 5.41 Å². The maximum atomic E-state index is 13.5. The van der Waals surface area contributed by atoms with Crippen molar-refractivity contribution >= 4 is 31.3 Å². The van der Waals surface area contributed by atoms with Crippen molar-refractivity contribution in [2.24, 2.45) is 0 Å². The second-order valence-corrected chi connectivity index (χ2v) is 11.0. The number of nitrogens with zero attached hydrogens (tertiary/aromatic N) is 1. The van der Waals surface area contributed by atoms with Crippen LogP contribution in [0.1, 0.15) is 24.0 Å². The Morgan fingerprint density at radius 1 is 0.972 bits per heavy atom. The van der Waals surface area contributed by atoms with Gasteiger partial charge in [0, 0.05) is 29.7 Å². The molecule has 4 aromatic carbocycles. The van der Waals surface area contributed by atoms with E-state index in [-0.39, 0.29) is 22.3 Å². The molecular weight excluding hydrogens is 470 g/mol. The number of hydrogen-bond acceptors (Lipinski definition) is 6. The van der Waals surface area contributed by atoms with Gasteiger partial charge in [-0.2, -0.15) is 0 Å². The number of nitrogens with two attached hydrogens (primary N) is 1. The van der Waals surface area contributed by atoms with Crippen molar-refractivity contribution in [3.05, 3.63) is 102 Å². The average molecular weight is 500 g/mol. The van der Waals surface area contributed by atoms with Crippen LogP contribution in [-0.2, 0) is 16.4 Å². The highest BCUT2D eigenvalue weighted by atomic mass is 32.2. The molecule has 1 aliphatic heterocycles. The molecule has 3 N–H and O–H groups in total. The van der Waals surface area contributed by atoms with E-state index in [4.69, 9.17) is 15.9 Å². The van der Waals surface area contributed by atoms with Gasteiger partial charge in [0.15, 0.2) is 5.04 Å². The van der Waals surface area contributed by atoms with E-state index in [1.165, 1.54) is 11.6 Å². The molecule has 0 aliphatic carbocycles. The van der Waals surface area contributed by atoms with E-state index in [2.05, 4.69) is 17.0 Å². The molecule has 1 aliphatic rings. The summed E-state index contributed by atoms with van der Waals surface area (Å²) in [5, 5.41) is 9.48. The van der Waals surface area contributed by atoms with Crippen LogP contribution in [0.4, 0.5) is 5.69 Å². The number of benzene rings is 4. The van der Waals surface area contributed by atoms with Gasteiger partial charge >= 0.3 is 0 Å². The fourth-order valence-corrected chi connectivity index (χ4v) is 6.20. The van der Waals surface area contributed by atoms with E-state index >= 15 is 0 Å². The van der Waals surface area contributed by atoms with Gasteiger partial charge in [-0.05, 0) is 54.6 Å². The summed E-state index contributed by atoms with van der Waals surface area (Å²) in [4.78, 5) is 2.47. The summed E-state index contributed by atoms with van der Waals surface area (Å²) in [6.07, 6.45) is 1.91. The number of piperidine rings is 1. The van der Waals surface area contributed by atoms with Gasteiger partial charge in [-0.15, -0.1) is 0 Å². The molecule has 0 spiro atoms. The van der Waals surface area contributed by atoms with Crippen molar-refractivity contribution in [3.8, 4) is 5.75 Å². The lowest BCUT2D eigenvalue weighted by Crippen LogP contribution is -2.40. The summed E-state index contributed by atoms with van der Waals surface area (Å²) >= 11 is 0. The van der Waals surface area contributed by atoms with Crippen molar-refractivity contribution in [1.82, 2.24) is 4.90 Å². The van der Waals surface area contributed by atoms with Gasteiger partial charge in [-0.1, -0.05) is 66.7 Å². The number of ether oxygens (including phenoxy) is 1. The Morgan fingerprint density at radius 2 is 1.72 bits per heavy atom. The van der Waals surface area contributed by atoms with Crippen LogP contribution >= 0.6 is 0 Å². The van der Waals surface area contributed by atoms with Crippen LogP contribution in [0.15, 0.2) is 95.9 Å². The van der Waals surface area contributed by atoms with E-state index in [1.54, 1.807) is 36.4 Å². The molecule has 0 amide bonds. The van der Waals surface area contributed by atoms with Crippen LogP contribution in [0.25, 0.3) is 10.8 Å². The van der Waals surface area contributed by atoms with Gasteiger partial charge in [0.25, 0.3) is 0 Å². The van der Waals surface area contributed by atoms with Gasteiger partial charge in [0.2, 0.25) is 9.84 Å². The lowest BCUT2D eigenvalue weighted by atomic mass is 10.1. The first-order valence-corrected chi connectivity index (χ1v) is 13.5. The van der Waals surface area contributed by atoms with Crippen LogP contribution in [0.2, 0.25) is 0 Å². The molecule has 6 nitrogen and oxygen atoms in total. The summed E-state index contributed by atoms with van der Waals surface area (Å²) in [7, 11) is -4.09. The average Bonchev–Trinajstić information content (AvgIpc) is 2.90. The highest BCUT2D eigenvalue weighted by Gasteiger charge is 2.27. The van der Waals surface area contributed by atoms with Gasteiger partial charge in [-0.3, -0.25) is 10.3 Å². The standard InChI is InChI=1S/C29H29N3O3S/c30-27-16-15-23(35-24-12-7-17-32(20-24)19-21-8-2-1-3-9-21)18-26(27)29(31)36(33,34)28-14-6-11-22-10-4-5-13-25(22)28/h1-6,8-11,13-16,18,24,31H,7,12,17,19-20,30H2. The number of hydrogen-bond donors (Lipinski definition) is 2. The summed E-state index contributed by atoms with van der Waals surface area (Å²) in [5.74, 6) is 0.517. The maximum absolute atomic E-state index is 13.5. The van der Waals surface area contributed by atoms with E-state index in [0.717, 1.165) is 37.9 Å². The van der Waals surface area contributed by atoms with Crippen molar-refractivity contribution < 1.29 is 13.2 Å². The molecule has 36 heavy (non-hydrogen) atoms. The molecule has 1 atom stereocenters. The first-order chi connectivity index (χ1) is 17.4. The Hall–Kier alpha value is -3.68. The normalized spacial score (nSPS) is 16.6. The minimum atomic E-state index is -4.09. The number of sulfone groups is 1. The fraction of sp³-hybridized carbons (Fsp3) is 0.207. The molecule has 0 saturated carbocycles. The summed E-state index contributed by atoms with van der Waals surface area (Å²) in [6, 6.07) is 27.6. The molecule has 1 heterocycles. The lowest BCUT2D eigenvalue weighted by molar-refractivity contribution is 0.0843. The second-order valence-electron chi connectivity index (χ2n) is 9.16. The van der Waals surface area contributed by atoms with Crippen molar-refractivity contribution in [1.29, 1.82) is 5.41 Å². The zero-order valence-electron chi connectivity index (χ0n) is 19.9. The lowest BCUT2D eigenvalue weighted by Gasteiger charge is -2.33. The van der Waals surface area contributed by atoms with E-state index < -0.39 is 14.9 Å². The Kier molecular flexibility index (Phi) is 6.76. The largest absolute Gasteiger partial charge is 0.489 e. The molecule has 5 rings (SSSR count). The summed E-state index contributed by atoms with van der Waals surface area (Å²) in [6.45, 7) is 2.65. The Bertz CT molecular complexity index is 1500. The third-order valence-corrected chi connectivity index (χ3v) is 8.28. The predicted molar refractivity (Wildman–Crippen MR) is 144 cm³/mol. The molecule has 1 fully saturated rings. The summed E-state index contributed by atoms with van der Waals surface area (Å²) in [5.41, 5.74) is 7.79. The Balaban J connectivity index is 1.36. The zero-order chi connectivity index (χ0) is 25.1. The molecule has 184 valence electrons. The highest BCUT2D eigenvalue weighted by Crippen LogP contribution is 2.30. The molecule has 0 bridgehead atoms. The van der Waals surface area contributed by atoms with Gasteiger partial charge in [-0.25, -0.2) is 8.42 Å². The third kappa shape index (κ3) is 4.98. The van der Waals surface area contributed by atoms with Crippen LogP contribution in [0.3, 0.4) is 0 Å². The predicted octanol–water partition coefficient (Wildman–Crippen LogP) is 5.26. The molecule has 0 radical (unpaired) electrons. The molecular formula is C29H29N3O3S. The SMILES string of the molecule is N=C(c1cc(OC2CCCN(Cc3ccccc3)C2)ccc1N)S(=O)(=O)c1cccc2ccccc12. The monoisotopic (exact) mass is 499 g/mol. The van der Waals surface area contributed by atoms with Crippen LogP contribution in [-0.4, -0.2) is 37.6 Å². The van der Waals surface area contributed by atoms with Crippen LogP contribution in [0.5, 0.6) is 5.75 Å². The topological polar surface area (TPSA) is 96.5 Å². The third-order valence-electron chi connectivity index (χ3n) is 6.59. The van der Waals surface area contributed by atoms with Crippen LogP contribution < -0.4 is 10.5 Å². The number of rotatable bonds is 6. The number of nitrogens with one attached hydrogen (secondary N) is 1. The second kappa shape index (κ2) is 10.1. The minimum Gasteiger partial charge on any atom is -0.489 e. The fourth-order valence-electron chi connectivity index (χ4n) is 4.78. The van der Waals surface area contributed by atoms with E-state index in [1.807, 2.05) is 36.4 Å². The van der Waals surface area contributed by atoms with E-state index in [0.29, 0.717) is 11.1 Å². The Labute approximate surface area is 211 Å². The van der Waals surface area contributed by atoms with E-state index in [9.17, 15) is 8.42 Å². The Morgan fingerprint density at radius 3 is 2.56 bits per heavy atom. The highest BCUT2D eigenvalue weighted by molar-refractivity contribution is 8.07. The molecule has 4 aromatic rings. The molecule has 1 unspecified atom stereocenters. The van der Waals surface area contributed by atoms with Crippen molar-refractivity contribution in [3.63, 3.8) is 0 Å². The van der Waals surface area contributed by atoms with Gasteiger partial charge in [0.1, 0.15) is 11.9 Å². The van der Waals surface area contributed by atoms with Crippen molar-refractivity contribution in [2.45, 2.75) is 30.4 Å². The van der Waals surface area contributed by atoms with Gasteiger partial charge < -0.3 is 10.5 Å². The molecule has 7 heteroatoms. The number of anilines is 1.